The molecule has 0 aliphatic carbocycles. The number of hydrogen-bond donors (Lipinski definition) is 0. The van der Waals surface area contributed by atoms with Gasteiger partial charge in [-0.05, 0) is 116 Å². The Hall–Kier alpha value is -6.35. The molecule has 0 N–H and O–H groups in total. The molecule has 6 aromatic carbocycles. The molecule has 2 aromatic heterocycles. The third-order valence-corrected chi connectivity index (χ3v) is 13.3. The molecule has 0 bridgehead atoms. The van der Waals surface area contributed by atoms with Gasteiger partial charge in [-0.2, -0.15) is 0 Å². The first kappa shape index (κ1) is 29.6. The molecule has 2 aliphatic heterocycles. The molecule has 0 amide bonds. The molecule has 240 valence electrons. The quantitative estimate of drug-likeness (QED) is 0.175. The number of benzene rings is 6. The van der Waals surface area contributed by atoms with E-state index in [1.807, 2.05) is 61.2 Å². The third-order valence-electron chi connectivity index (χ3n) is 10.2. The maximum Gasteiger partial charge on any atom is 0.235 e. The molecule has 0 spiro atoms. The molecular weight excluding hydrogens is 642 g/mol. The molecule has 0 saturated carbocycles. The molecule has 8 aromatic rings. The zero-order chi connectivity index (χ0) is 33.9. The van der Waals surface area contributed by atoms with Crippen molar-refractivity contribution >= 4 is 29.3 Å². The highest BCUT2D eigenvalue weighted by Crippen LogP contribution is 2.66. The predicted molar refractivity (Wildman–Crippen MR) is 210 cm³/mol. The van der Waals surface area contributed by atoms with E-state index in [1.54, 1.807) is 0 Å². The van der Waals surface area contributed by atoms with Crippen molar-refractivity contribution in [2.75, 3.05) is 4.67 Å². The number of hydrogen-bond acceptors (Lipinski definition) is 3. The average Bonchev–Trinajstić information content (AvgIpc) is 3.21. The van der Waals surface area contributed by atoms with E-state index in [2.05, 4.69) is 136 Å². The first-order chi connectivity index (χ1) is 25.2. The maximum atomic E-state index is 16.0. The number of pyridine rings is 2. The fraction of sp³-hybridized carbons (Fsp3) is 0. The van der Waals surface area contributed by atoms with Crippen molar-refractivity contribution in [1.82, 2.24) is 9.97 Å². The maximum absolute atomic E-state index is 16.0. The zero-order valence-electron chi connectivity index (χ0n) is 27.5. The van der Waals surface area contributed by atoms with Crippen LogP contribution in [0, 0.1) is 0 Å². The summed E-state index contributed by atoms with van der Waals surface area (Å²) >= 11 is 0. The zero-order valence-corrected chi connectivity index (χ0v) is 28.4. The predicted octanol–water partition coefficient (Wildman–Crippen LogP) is 11.2. The fourth-order valence-corrected chi connectivity index (χ4v) is 11.0. The number of anilines is 2. The van der Waals surface area contributed by atoms with E-state index in [0.717, 1.165) is 88.7 Å². The third kappa shape index (κ3) is 4.65. The second-order valence-electron chi connectivity index (χ2n) is 13.0. The van der Waals surface area contributed by atoms with Gasteiger partial charge in [0, 0.05) is 46.5 Å². The summed E-state index contributed by atoms with van der Waals surface area (Å²) in [5.74, 6) is 0. The minimum atomic E-state index is -3.29. The number of nitrogens with zero attached hydrogens (tertiary/aromatic N) is 3. The lowest BCUT2D eigenvalue weighted by molar-refractivity contribution is 0.586. The monoisotopic (exact) mass is 671 g/mol. The molecule has 0 atom stereocenters. The Morgan fingerprint density at radius 1 is 0.353 bits per heavy atom. The first-order valence-electron chi connectivity index (χ1n) is 17.1. The highest BCUT2D eigenvalue weighted by Gasteiger charge is 2.47. The molecule has 2 aliphatic rings. The molecule has 0 unspecified atom stereocenters. The summed E-state index contributed by atoms with van der Waals surface area (Å²) in [7, 11) is -3.29. The largest absolute Gasteiger partial charge is 0.289 e. The lowest BCUT2D eigenvalue weighted by atomic mass is 9.94. The van der Waals surface area contributed by atoms with E-state index in [1.165, 1.54) is 0 Å². The van der Waals surface area contributed by atoms with E-state index in [-0.39, 0.29) is 0 Å². The van der Waals surface area contributed by atoms with Crippen LogP contribution in [-0.4, -0.2) is 9.97 Å². The molecular formula is C46H30N3OP. The lowest BCUT2D eigenvalue weighted by Gasteiger charge is -2.44. The van der Waals surface area contributed by atoms with Crippen LogP contribution in [0.3, 0.4) is 0 Å². The van der Waals surface area contributed by atoms with E-state index >= 15 is 4.57 Å². The summed E-state index contributed by atoms with van der Waals surface area (Å²) in [5, 5.41) is 1.74. The highest BCUT2D eigenvalue weighted by molar-refractivity contribution is 7.81. The smallest absolute Gasteiger partial charge is 0.235 e. The molecule has 4 nitrogen and oxygen atoms in total. The van der Waals surface area contributed by atoms with Crippen molar-refractivity contribution in [2.45, 2.75) is 0 Å². The molecule has 4 heterocycles. The Morgan fingerprint density at radius 2 is 0.686 bits per heavy atom. The van der Waals surface area contributed by atoms with Gasteiger partial charge in [0.15, 0.2) is 0 Å². The van der Waals surface area contributed by atoms with Crippen LogP contribution in [0.25, 0.3) is 66.8 Å². The Balaban J connectivity index is 1.11. The minimum absolute atomic E-state index is 0.872. The molecule has 51 heavy (non-hydrogen) atoms. The second kappa shape index (κ2) is 11.6. The van der Waals surface area contributed by atoms with Crippen molar-refractivity contribution in [2.24, 2.45) is 0 Å². The van der Waals surface area contributed by atoms with Crippen LogP contribution in [0.5, 0.6) is 0 Å². The van der Waals surface area contributed by atoms with Gasteiger partial charge in [0.25, 0.3) is 0 Å². The molecule has 10 rings (SSSR count). The normalized spacial score (nSPS) is 13.3. The van der Waals surface area contributed by atoms with E-state index in [4.69, 9.17) is 0 Å². The summed E-state index contributed by atoms with van der Waals surface area (Å²) in [4.78, 5) is 8.32. The van der Waals surface area contributed by atoms with Crippen molar-refractivity contribution in [3.63, 3.8) is 0 Å². The lowest BCUT2D eigenvalue weighted by Crippen LogP contribution is -2.37. The minimum Gasteiger partial charge on any atom is -0.289 e. The average molecular weight is 672 g/mol. The number of aromatic nitrogens is 2. The van der Waals surface area contributed by atoms with Crippen LogP contribution in [0.15, 0.2) is 183 Å². The van der Waals surface area contributed by atoms with Crippen molar-refractivity contribution in [3.05, 3.63) is 183 Å². The van der Waals surface area contributed by atoms with Crippen LogP contribution in [0.2, 0.25) is 0 Å². The van der Waals surface area contributed by atoms with Gasteiger partial charge in [0.1, 0.15) is 0 Å². The van der Waals surface area contributed by atoms with Crippen LogP contribution >= 0.6 is 7.29 Å². The Labute approximate surface area is 296 Å². The summed E-state index contributed by atoms with van der Waals surface area (Å²) in [5.41, 5.74) is 15.2. The molecule has 0 saturated heterocycles. The summed E-state index contributed by atoms with van der Waals surface area (Å²) in [6.07, 6.45) is 7.29. The first-order valence-corrected chi connectivity index (χ1v) is 18.7. The van der Waals surface area contributed by atoms with Gasteiger partial charge in [-0.3, -0.25) is 19.2 Å². The van der Waals surface area contributed by atoms with Crippen LogP contribution in [0.4, 0.5) is 11.4 Å². The second-order valence-corrected chi connectivity index (χ2v) is 15.5. The van der Waals surface area contributed by atoms with Crippen molar-refractivity contribution in [1.29, 1.82) is 0 Å². The van der Waals surface area contributed by atoms with Crippen molar-refractivity contribution in [3.8, 4) is 66.8 Å². The van der Waals surface area contributed by atoms with Gasteiger partial charge >= 0.3 is 0 Å². The molecule has 0 radical (unpaired) electrons. The number of rotatable bonds is 4. The summed E-state index contributed by atoms with van der Waals surface area (Å²) < 4.78 is 18.1. The molecule has 0 fully saturated rings. The van der Waals surface area contributed by atoms with E-state index in [0.29, 0.717) is 0 Å². The SMILES string of the molecule is O=P12c3ccccc3-c3cc(-c4ccc(-c5ccncc5)cc4)ccc3N1c1ccc(-c3ccc(-c4ccncc4)cc3)cc1-c1ccccc12. The van der Waals surface area contributed by atoms with Gasteiger partial charge in [-0.25, -0.2) is 0 Å². The standard InChI is InChI=1S/C46H30N3OP/c50-51-45-7-3-1-5-39(45)41-29-37(33-13-9-31(10-14-33)35-21-25-47-26-22-35)17-19-43(41)49(51)44-20-18-38(30-42(44)40-6-2-4-8-46(40)51)34-15-11-32(12-16-34)36-23-27-48-28-24-36/h1-30H. The van der Waals surface area contributed by atoms with Crippen LogP contribution in [-0.2, 0) is 4.57 Å². The van der Waals surface area contributed by atoms with Crippen molar-refractivity contribution < 1.29 is 4.57 Å². The van der Waals surface area contributed by atoms with Gasteiger partial charge in [0.2, 0.25) is 7.29 Å². The number of fused-ring (bicyclic) bond motifs is 11. The summed E-state index contributed by atoms with van der Waals surface area (Å²) in [6.45, 7) is 0. The summed E-state index contributed by atoms with van der Waals surface area (Å²) in [6, 6.07) is 55.1. The highest BCUT2D eigenvalue weighted by atomic mass is 31.2. The fourth-order valence-electron chi connectivity index (χ4n) is 7.74. The van der Waals surface area contributed by atoms with E-state index in [9.17, 15) is 0 Å². The van der Waals surface area contributed by atoms with Gasteiger partial charge in [0.05, 0.1) is 11.4 Å². The van der Waals surface area contributed by atoms with E-state index < -0.39 is 7.29 Å². The van der Waals surface area contributed by atoms with Gasteiger partial charge in [-0.1, -0.05) is 97.1 Å². The Kier molecular flexibility index (Phi) is 6.74. The van der Waals surface area contributed by atoms with Crippen LogP contribution < -0.4 is 15.3 Å². The topological polar surface area (TPSA) is 46.1 Å². The molecule has 5 heteroatoms. The van der Waals surface area contributed by atoms with Crippen LogP contribution in [0.1, 0.15) is 0 Å². The Bertz CT molecular complexity index is 2470. The van der Waals surface area contributed by atoms with Gasteiger partial charge < -0.3 is 0 Å². The van der Waals surface area contributed by atoms with Gasteiger partial charge in [-0.15, -0.1) is 0 Å². The Morgan fingerprint density at radius 3 is 1.10 bits per heavy atom.